The van der Waals surface area contributed by atoms with Crippen LogP contribution in [0.2, 0.25) is 0 Å². The van der Waals surface area contributed by atoms with Gasteiger partial charge in [0, 0.05) is 28.9 Å². The van der Waals surface area contributed by atoms with E-state index in [1.54, 1.807) is 0 Å². The maximum atomic E-state index is 4.92. The summed E-state index contributed by atoms with van der Waals surface area (Å²) in [5.41, 5.74) is 11.3. The van der Waals surface area contributed by atoms with E-state index in [1.807, 2.05) is 33.9 Å². The minimum absolute atomic E-state index is 0.0483. The molecule has 4 aromatic rings. The molecule has 0 N–H and O–H groups in total. The molecular formula is C43H62N2. The first-order chi connectivity index (χ1) is 21.3. The molecule has 0 saturated heterocycles. The van der Waals surface area contributed by atoms with Crippen molar-refractivity contribution < 1.29 is 0 Å². The van der Waals surface area contributed by atoms with Crippen molar-refractivity contribution in [2.24, 2.45) is 5.41 Å². The third-order valence-electron chi connectivity index (χ3n) is 8.93. The smallest absolute Gasteiger partial charge is 0.141 e. The summed E-state index contributed by atoms with van der Waals surface area (Å²) in [6.07, 6.45) is 19.6. The standard InChI is InChI=1S/C34H40N2.C5H10.2C2H6/c1-8-9-10-12-24-13-11-14-27-29-22-26(34(5,6)7)21-28(23-15-17-25(18-16-23)33(2,3)4)31(29)36-20-19-35-32(36)30(24)27;1-5(2)3-4-5;2*1-2/h9-11,14-22,24H,8,12-13H2,1-7H3;3-4H2,1-2H3;2*1-2H3. The molecule has 0 radical (unpaired) electrons. The van der Waals surface area contributed by atoms with Crippen LogP contribution in [0.15, 0.2) is 67.0 Å². The molecule has 6 rings (SSSR count). The molecule has 2 heterocycles. The Morgan fingerprint density at radius 2 is 1.47 bits per heavy atom. The number of fused-ring (bicyclic) bond motifs is 6. The minimum atomic E-state index is 0.0483. The normalized spacial score (nSPS) is 16.7. The van der Waals surface area contributed by atoms with E-state index < -0.39 is 0 Å². The molecule has 2 aromatic heterocycles. The van der Waals surface area contributed by atoms with E-state index in [1.165, 1.54) is 57.1 Å². The van der Waals surface area contributed by atoms with E-state index in [2.05, 4.69) is 134 Å². The second-order valence-corrected chi connectivity index (χ2v) is 15.1. The highest BCUT2D eigenvalue weighted by Gasteiger charge is 2.30. The fourth-order valence-electron chi connectivity index (χ4n) is 5.79. The first-order valence-electron chi connectivity index (χ1n) is 17.7. The average Bonchev–Trinajstić information content (AvgIpc) is 3.49. The number of pyridine rings is 1. The van der Waals surface area contributed by atoms with Crippen molar-refractivity contribution in [2.45, 2.75) is 139 Å². The lowest BCUT2D eigenvalue weighted by atomic mass is 9.79. The molecule has 2 nitrogen and oxygen atoms in total. The number of rotatable bonds is 4. The van der Waals surface area contributed by atoms with Gasteiger partial charge >= 0.3 is 0 Å². The highest BCUT2D eigenvalue weighted by atomic mass is 15.0. The van der Waals surface area contributed by atoms with Gasteiger partial charge in [-0.05, 0) is 88.7 Å². The fraction of sp³-hybridized carbons (Fsp3) is 0.512. The summed E-state index contributed by atoms with van der Waals surface area (Å²) in [7, 11) is 0. The van der Waals surface area contributed by atoms with Crippen molar-refractivity contribution >= 4 is 22.6 Å². The van der Waals surface area contributed by atoms with Gasteiger partial charge < -0.3 is 0 Å². The number of hydrogen-bond acceptors (Lipinski definition) is 1. The van der Waals surface area contributed by atoms with Gasteiger partial charge in [-0.3, -0.25) is 4.40 Å². The lowest BCUT2D eigenvalue weighted by Crippen LogP contribution is -2.13. The zero-order valence-corrected chi connectivity index (χ0v) is 30.9. The van der Waals surface area contributed by atoms with Crippen LogP contribution in [0, 0.1) is 5.41 Å². The maximum absolute atomic E-state index is 4.92. The lowest BCUT2D eigenvalue weighted by molar-refractivity contribution is 0.590. The van der Waals surface area contributed by atoms with E-state index in [0.717, 1.165) is 30.3 Å². The number of benzene rings is 2. The molecule has 2 aromatic carbocycles. The van der Waals surface area contributed by atoms with Crippen LogP contribution in [-0.4, -0.2) is 9.38 Å². The van der Waals surface area contributed by atoms with Crippen LogP contribution < -0.4 is 0 Å². The van der Waals surface area contributed by atoms with Gasteiger partial charge in [0.15, 0.2) is 0 Å². The summed E-state index contributed by atoms with van der Waals surface area (Å²) in [6, 6.07) is 14.1. The highest BCUT2D eigenvalue weighted by molar-refractivity contribution is 6.02. The third-order valence-corrected chi connectivity index (χ3v) is 8.93. The van der Waals surface area contributed by atoms with Crippen molar-refractivity contribution in [2.75, 3.05) is 0 Å². The molecular weight excluding hydrogens is 544 g/mol. The molecule has 1 fully saturated rings. The van der Waals surface area contributed by atoms with E-state index in [9.17, 15) is 0 Å². The van der Waals surface area contributed by atoms with Gasteiger partial charge in [0.05, 0.1) is 5.52 Å². The van der Waals surface area contributed by atoms with Crippen LogP contribution in [0.5, 0.6) is 0 Å². The largest absolute Gasteiger partial charge is 0.299 e. The first kappa shape index (κ1) is 36.3. The van der Waals surface area contributed by atoms with Crippen molar-refractivity contribution in [3.8, 4) is 11.1 Å². The molecule has 1 atom stereocenters. The zero-order chi connectivity index (χ0) is 33.6. The molecule has 0 spiro atoms. The Bertz CT molecular complexity index is 1590. The number of allylic oxidation sites excluding steroid dienone is 3. The zero-order valence-electron chi connectivity index (χ0n) is 30.9. The van der Waals surface area contributed by atoms with Crippen molar-refractivity contribution in [1.29, 1.82) is 0 Å². The Hall–Kier alpha value is -3.13. The molecule has 0 bridgehead atoms. The van der Waals surface area contributed by atoms with E-state index >= 15 is 0 Å². The summed E-state index contributed by atoms with van der Waals surface area (Å²) < 4.78 is 2.35. The monoisotopic (exact) mass is 606 g/mol. The molecule has 1 saturated carbocycles. The topological polar surface area (TPSA) is 17.3 Å². The van der Waals surface area contributed by atoms with Gasteiger partial charge in [0.25, 0.3) is 0 Å². The molecule has 1 unspecified atom stereocenters. The van der Waals surface area contributed by atoms with Crippen molar-refractivity contribution in [3.63, 3.8) is 0 Å². The molecule has 244 valence electrons. The van der Waals surface area contributed by atoms with Gasteiger partial charge in [0.2, 0.25) is 0 Å². The molecule has 2 aliphatic rings. The van der Waals surface area contributed by atoms with Gasteiger partial charge in [-0.1, -0.05) is 139 Å². The number of aromatic nitrogens is 2. The van der Waals surface area contributed by atoms with E-state index in [4.69, 9.17) is 4.98 Å². The van der Waals surface area contributed by atoms with Gasteiger partial charge in [-0.2, -0.15) is 0 Å². The number of nitrogens with zero attached hydrogens (tertiary/aromatic N) is 2. The second-order valence-electron chi connectivity index (χ2n) is 15.1. The Balaban J connectivity index is 0.000000542. The third kappa shape index (κ3) is 8.57. The Kier molecular flexibility index (Phi) is 12.1. The molecule has 0 aliphatic heterocycles. The predicted octanol–water partition coefficient (Wildman–Crippen LogP) is 13.5. The summed E-state index contributed by atoms with van der Waals surface area (Å²) in [4.78, 5) is 4.92. The summed E-state index contributed by atoms with van der Waals surface area (Å²) in [5, 5.41) is 1.33. The Labute approximate surface area is 276 Å². The summed E-state index contributed by atoms with van der Waals surface area (Å²) >= 11 is 0. The van der Waals surface area contributed by atoms with Gasteiger partial charge in [0.1, 0.15) is 5.65 Å². The summed E-state index contributed by atoms with van der Waals surface area (Å²) in [6.45, 7) is 28.6. The Morgan fingerprint density at radius 1 is 0.867 bits per heavy atom. The van der Waals surface area contributed by atoms with E-state index in [-0.39, 0.29) is 10.8 Å². The van der Waals surface area contributed by atoms with Crippen LogP contribution >= 0.6 is 0 Å². The predicted molar refractivity (Wildman–Crippen MR) is 202 cm³/mol. The van der Waals surface area contributed by atoms with Gasteiger partial charge in [-0.15, -0.1) is 0 Å². The maximum Gasteiger partial charge on any atom is 0.141 e. The average molecular weight is 607 g/mol. The second kappa shape index (κ2) is 15.0. The van der Waals surface area contributed by atoms with Crippen LogP contribution in [0.25, 0.3) is 33.8 Å². The van der Waals surface area contributed by atoms with Crippen LogP contribution in [0.3, 0.4) is 0 Å². The van der Waals surface area contributed by atoms with Crippen LogP contribution in [0.1, 0.15) is 150 Å². The lowest BCUT2D eigenvalue weighted by Gasteiger charge is -2.27. The van der Waals surface area contributed by atoms with Crippen molar-refractivity contribution in [1.82, 2.24) is 9.38 Å². The summed E-state index contributed by atoms with van der Waals surface area (Å²) in [5.74, 6) is 0.454. The molecule has 45 heavy (non-hydrogen) atoms. The van der Waals surface area contributed by atoms with Crippen molar-refractivity contribution in [3.05, 3.63) is 89.3 Å². The van der Waals surface area contributed by atoms with E-state index in [0.29, 0.717) is 5.92 Å². The minimum Gasteiger partial charge on any atom is -0.299 e. The molecule has 0 amide bonds. The van der Waals surface area contributed by atoms with Crippen LogP contribution in [0.4, 0.5) is 0 Å². The molecule has 2 heteroatoms. The number of hydrogen-bond donors (Lipinski definition) is 0. The van der Waals surface area contributed by atoms with Crippen LogP contribution in [-0.2, 0) is 10.8 Å². The van der Waals surface area contributed by atoms with Gasteiger partial charge in [-0.25, -0.2) is 4.98 Å². The highest BCUT2D eigenvalue weighted by Crippen LogP contribution is 2.44. The SMILES string of the molecule is CC.CC.CC1(C)CC1.CCC=CCC1CC=Cc2c1c1nccn1c1c(-c3ccc(C(C)(C)C)cc3)cc(C(C)(C)C)cc21. The quantitative estimate of drug-likeness (QED) is 0.211. The Morgan fingerprint density at radius 3 is 2.00 bits per heavy atom. The fourth-order valence-corrected chi connectivity index (χ4v) is 5.79. The number of imidazole rings is 1. The first-order valence-corrected chi connectivity index (χ1v) is 17.7. The molecule has 2 aliphatic carbocycles.